The van der Waals surface area contributed by atoms with Crippen molar-refractivity contribution in [3.05, 3.63) is 11.6 Å². The van der Waals surface area contributed by atoms with Crippen LogP contribution in [0.5, 0.6) is 0 Å². The van der Waals surface area contributed by atoms with Crippen LogP contribution in [-0.2, 0) is 6.42 Å². The topological polar surface area (TPSA) is 41.6 Å². The molecule has 0 saturated heterocycles. The number of hydrogen-bond donors (Lipinski definition) is 1. The van der Waals surface area contributed by atoms with Gasteiger partial charge in [-0.1, -0.05) is 13.3 Å². The van der Waals surface area contributed by atoms with Crippen molar-refractivity contribution in [1.82, 2.24) is 15.2 Å². The lowest BCUT2D eigenvalue weighted by atomic mass is 9.85. The molecular formula is C8H13N3. The molecule has 3 heteroatoms. The lowest BCUT2D eigenvalue weighted by Gasteiger charge is -2.21. The van der Waals surface area contributed by atoms with Gasteiger partial charge >= 0.3 is 0 Å². The molecule has 60 valence electrons. The summed E-state index contributed by atoms with van der Waals surface area (Å²) in [6, 6.07) is 0. The summed E-state index contributed by atoms with van der Waals surface area (Å²) >= 11 is 0. The molecule has 2 rings (SSSR count). The molecule has 0 spiro atoms. The molecule has 1 fully saturated rings. The predicted molar refractivity (Wildman–Crippen MR) is 42.4 cm³/mol. The maximum absolute atomic E-state index is 4.38. The molecule has 1 aromatic heterocycles. The average molecular weight is 151 g/mol. The Labute approximate surface area is 66.2 Å². The number of rotatable bonds is 2. The first-order valence-electron chi connectivity index (χ1n) is 4.31. The smallest absolute Gasteiger partial charge is 0.153 e. The van der Waals surface area contributed by atoms with E-state index in [1.54, 1.807) is 0 Å². The summed E-state index contributed by atoms with van der Waals surface area (Å²) in [5.41, 5.74) is 0. The van der Waals surface area contributed by atoms with E-state index >= 15 is 0 Å². The van der Waals surface area contributed by atoms with Crippen LogP contribution in [-0.4, -0.2) is 15.2 Å². The maximum Gasteiger partial charge on any atom is 0.153 e. The Bertz CT molecular complexity index is 237. The van der Waals surface area contributed by atoms with E-state index in [2.05, 4.69) is 22.1 Å². The van der Waals surface area contributed by atoms with Crippen LogP contribution in [0.4, 0.5) is 0 Å². The van der Waals surface area contributed by atoms with Crippen LogP contribution < -0.4 is 0 Å². The first kappa shape index (κ1) is 6.83. The number of aryl methyl sites for hydroxylation is 1. The van der Waals surface area contributed by atoms with Gasteiger partial charge < -0.3 is 0 Å². The third kappa shape index (κ3) is 1.15. The summed E-state index contributed by atoms with van der Waals surface area (Å²) in [4.78, 5) is 4.38. The summed E-state index contributed by atoms with van der Waals surface area (Å²) in [6.07, 6.45) is 4.86. The van der Waals surface area contributed by atoms with Crippen molar-refractivity contribution >= 4 is 0 Å². The van der Waals surface area contributed by atoms with Gasteiger partial charge in [-0.05, 0) is 12.8 Å². The molecule has 0 amide bonds. The second-order valence-corrected chi connectivity index (χ2v) is 3.12. The van der Waals surface area contributed by atoms with Gasteiger partial charge in [0, 0.05) is 12.3 Å². The standard InChI is InChI=1S/C8H13N3/c1-2-7-9-8(11-10-7)6-4-3-5-6/h6H,2-5H2,1H3,(H,9,10,11). The summed E-state index contributed by atoms with van der Waals surface area (Å²) in [5.74, 6) is 2.71. The second kappa shape index (κ2) is 2.64. The maximum atomic E-state index is 4.38. The molecule has 0 bridgehead atoms. The Balaban J connectivity index is 2.11. The predicted octanol–water partition coefficient (Wildman–Crippen LogP) is 1.63. The molecule has 1 aromatic rings. The number of nitrogens with one attached hydrogen (secondary N) is 1. The van der Waals surface area contributed by atoms with Crippen LogP contribution in [0.1, 0.15) is 43.8 Å². The first-order valence-corrected chi connectivity index (χ1v) is 4.31. The Morgan fingerprint density at radius 3 is 2.82 bits per heavy atom. The highest BCUT2D eigenvalue weighted by atomic mass is 15.2. The van der Waals surface area contributed by atoms with Gasteiger partial charge in [-0.15, -0.1) is 0 Å². The van der Waals surface area contributed by atoms with Crippen molar-refractivity contribution in [1.29, 1.82) is 0 Å². The minimum Gasteiger partial charge on any atom is -0.263 e. The molecular weight excluding hydrogens is 138 g/mol. The summed E-state index contributed by atoms with van der Waals surface area (Å²) in [5, 5.41) is 7.12. The molecule has 1 heterocycles. The third-order valence-electron chi connectivity index (χ3n) is 2.35. The van der Waals surface area contributed by atoms with Crippen molar-refractivity contribution in [3.8, 4) is 0 Å². The Kier molecular flexibility index (Phi) is 1.64. The lowest BCUT2D eigenvalue weighted by Crippen LogP contribution is -2.10. The molecule has 0 unspecified atom stereocenters. The van der Waals surface area contributed by atoms with Crippen molar-refractivity contribution in [2.24, 2.45) is 0 Å². The van der Waals surface area contributed by atoms with Crippen LogP contribution in [0.2, 0.25) is 0 Å². The van der Waals surface area contributed by atoms with E-state index in [0.29, 0.717) is 5.92 Å². The van der Waals surface area contributed by atoms with E-state index in [0.717, 1.165) is 18.1 Å². The van der Waals surface area contributed by atoms with E-state index in [1.165, 1.54) is 19.3 Å². The number of nitrogens with zero attached hydrogens (tertiary/aromatic N) is 2. The molecule has 1 aliphatic carbocycles. The van der Waals surface area contributed by atoms with Gasteiger partial charge in [0.25, 0.3) is 0 Å². The van der Waals surface area contributed by atoms with Gasteiger partial charge in [-0.2, -0.15) is 5.10 Å². The van der Waals surface area contributed by atoms with Crippen LogP contribution in [0.3, 0.4) is 0 Å². The zero-order valence-corrected chi connectivity index (χ0v) is 6.80. The highest BCUT2D eigenvalue weighted by Crippen LogP contribution is 2.33. The zero-order valence-electron chi connectivity index (χ0n) is 6.80. The largest absolute Gasteiger partial charge is 0.263 e. The van der Waals surface area contributed by atoms with Crippen LogP contribution in [0.15, 0.2) is 0 Å². The number of H-pyrrole nitrogens is 1. The molecule has 0 atom stereocenters. The minimum absolute atomic E-state index is 0.659. The zero-order chi connectivity index (χ0) is 7.68. The normalized spacial score (nSPS) is 18.3. The van der Waals surface area contributed by atoms with E-state index in [1.807, 2.05) is 0 Å². The van der Waals surface area contributed by atoms with Crippen molar-refractivity contribution in [3.63, 3.8) is 0 Å². The fourth-order valence-corrected chi connectivity index (χ4v) is 1.32. The Morgan fingerprint density at radius 2 is 2.36 bits per heavy atom. The Morgan fingerprint density at radius 1 is 1.55 bits per heavy atom. The number of hydrogen-bond acceptors (Lipinski definition) is 2. The highest BCUT2D eigenvalue weighted by Gasteiger charge is 2.22. The lowest BCUT2D eigenvalue weighted by molar-refractivity contribution is 0.402. The number of aromatic amines is 1. The minimum atomic E-state index is 0.659. The van der Waals surface area contributed by atoms with Crippen LogP contribution in [0, 0.1) is 0 Å². The van der Waals surface area contributed by atoms with Crippen LogP contribution >= 0.6 is 0 Å². The quantitative estimate of drug-likeness (QED) is 0.698. The molecule has 3 nitrogen and oxygen atoms in total. The average Bonchev–Trinajstić information content (AvgIpc) is 2.32. The van der Waals surface area contributed by atoms with E-state index in [-0.39, 0.29) is 0 Å². The van der Waals surface area contributed by atoms with Gasteiger partial charge in [0.05, 0.1) is 0 Å². The third-order valence-corrected chi connectivity index (χ3v) is 2.35. The van der Waals surface area contributed by atoms with Crippen molar-refractivity contribution < 1.29 is 0 Å². The molecule has 11 heavy (non-hydrogen) atoms. The molecule has 1 N–H and O–H groups in total. The van der Waals surface area contributed by atoms with E-state index in [9.17, 15) is 0 Å². The molecule has 0 aliphatic heterocycles. The summed E-state index contributed by atoms with van der Waals surface area (Å²) < 4.78 is 0. The fraction of sp³-hybridized carbons (Fsp3) is 0.750. The van der Waals surface area contributed by atoms with Crippen molar-refractivity contribution in [2.75, 3.05) is 0 Å². The van der Waals surface area contributed by atoms with Crippen molar-refractivity contribution in [2.45, 2.75) is 38.5 Å². The molecule has 1 saturated carbocycles. The monoisotopic (exact) mass is 151 g/mol. The SMILES string of the molecule is CCc1nc(C2CCC2)n[nH]1. The van der Waals surface area contributed by atoms with Gasteiger partial charge in [0.15, 0.2) is 5.82 Å². The second-order valence-electron chi connectivity index (χ2n) is 3.12. The molecule has 0 radical (unpaired) electrons. The van der Waals surface area contributed by atoms with E-state index in [4.69, 9.17) is 0 Å². The van der Waals surface area contributed by atoms with E-state index < -0.39 is 0 Å². The summed E-state index contributed by atoms with van der Waals surface area (Å²) in [6.45, 7) is 2.09. The van der Waals surface area contributed by atoms with Gasteiger partial charge in [-0.3, -0.25) is 5.10 Å². The summed E-state index contributed by atoms with van der Waals surface area (Å²) in [7, 11) is 0. The fourth-order valence-electron chi connectivity index (χ4n) is 1.32. The van der Waals surface area contributed by atoms with Crippen LogP contribution in [0.25, 0.3) is 0 Å². The molecule has 1 aliphatic rings. The highest BCUT2D eigenvalue weighted by molar-refractivity contribution is 5.01. The number of aromatic nitrogens is 3. The first-order chi connectivity index (χ1) is 5.40. The van der Waals surface area contributed by atoms with Gasteiger partial charge in [-0.25, -0.2) is 4.98 Å². The van der Waals surface area contributed by atoms with Gasteiger partial charge in [0.1, 0.15) is 5.82 Å². The van der Waals surface area contributed by atoms with Gasteiger partial charge in [0.2, 0.25) is 0 Å². The Hall–Kier alpha value is -0.860. The molecule has 0 aromatic carbocycles.